The van der Waals surface area contributed by atoms with Gasteiger partial charge in [-0.25, -0.2) is 4.98 Å². The quantitative estimate of drug-likeness (QED) is 0.609. The van der Waals surface area contributed by atoms with Gasteiger partial charge in [0, 0.05) is 5.38 Å². The molecule has 4 heteroatoms. The lowest BCUT2D eigenvalue weighted by Crippen LogP contribution is -2.28. The third-order valence-corrected chi connectivity index (χ3v) is 3.42. The van der Waals surface area contributed by atoms with Gasteiger partial charge in [0.05, 0.1) is 17.2 Å². The minimum atomic E-state index is 0.171. The van der Waals surface area contributed by atoms with Crippen LogP contribution >= 0.6 is 11.3 Å². The number of nitrogens with one attached hydrogen (secondary N) is 1. The Hall–Kier alpha value is -1.23. The fraction of sp³-hybridized carbons (Fsp3) is 0.308. The molecule has 0 saturated carbocycles. The van der Waals surface area contributed by atoms with E-state index in [4.69, 9.17) is 5.84 Å². The average molecular weight is 247 g/mol. The molecule has 3 N–H and O–H groups in total. The van der Waals surface area contributed by atoms with Crippen molar-refractivity contribution < 1.29 is 0 Å². The highest BCUT2D eigenvalue weighted by Crippen LogP contribution is 2.18. The van der Waals surface area contributed by atoms with Crippen LogP contribution in [0, 0.1) is 0 Å². The number of aromatic nitrogens is 1. The summed E-state index contributed by atoms with van der Waals surface area (Å²) in [6.07, 6.45) is 3.20. The van der Waals surface area contributed by atoms with E-state index in [1.165, 1.54) is 5.56 Å². The standard InChI is InChI=1S/C13H17N3S/c14-16-12(13-9-17-10-15-13)8-4-7-11-5-2-1-3-6-11/h1-3,5-6,9-10,12,16H,4,7-8,14H2. The number of nitrogens with zero attached hydrogens (tertiary/aromatic N) is 1. The van der Waals surface area contributed by atoms with E-state index in [2.05, 4.69) is 34.7 Å². The number of hydrazine groups is 1. The van der Waals surface area contributed by atoms with Crippen molar-refractivity contribution in [1.82, 2.24) is 10.4 Å². The van der Waals surface area contributed by atoms with Crippen LogP contribution in [0.1, 0.15) is 30.1 Å². The topological polar surface area (TPSA) is 50.9 Å². The Bertz CT molecular complexity index is 413. The van der Waals surface area contributed by atoms with Crippen molar-refractivity contribution in [2.45, 2.75) is 25.3 Å². The molecule has 1 atom stereocenters. The highest BCUT2D eigenvalue weighted by molar-refractivity contribution is 7.07. The smallest absolute Gasteiger partial charge is 0.0795 e. The number of benzene rings is 1. The minimum absolute atomic E-state index is 0.171. The van der Waals surface area contributed by atoms with E-state index in [1.807, 2.05) is 17.0 Å². The first-order valence-electron chi connectivity index (χ1n) is 5.78. The van der Waals surface area contributed by atoms with Crippen molar-refractivity contribution >= 4 is 11.3 Å². The van der Waals surface area contributed by atoms with Crippen LogP contribution in [0.2, 0.25) is 0 Å². The molecular weight excluding hydrogens is 230 g/mol. The predicted molar refractivity (Wildman–Crippen MR) is 71.6 cm³/mol. The first-order chi connectivity index (χ1) is 8.40. The first kappa shape index (κ1) is 12.2. The lowest BCUT2D eigenvalue weighted by atomic mass is 10.0. The van der Waals surface area contributed by atoms with Crippen LogP contribution in [-0.2, 0) is 6.42 Å². The van der Waals surface area contributed by atoms with Crippen molar-refractivity contribution in [2.75, 3.05) is 0 Å². The monoisotopic (exact) mass is 247 g/mol. The second-order valence-electron chi connectivity index (χ2n) is 4.01. The van der Waals surface area contributed by atoms with Crippen LogP contribution < -0.4 is 11.3 Å². The molecule has 0 amide bonds. The van der Waals surface area contributed by atoms with E-state index in [0.717, 1.165) is 25.0 Å². The van der Waals surface area contributed by atoms with E-state index in [-0.39, 0.29) is 6.04 Å². The summed E-state index contributed by atoms with van der Waals surface area (Å²) in [6.45, 7) is 0. The van der Waals surface area contributed by atoms with Crippen molar-refractivity contribution in [1.29, 1.82) is 0 Å². The molecule has 0 radical (unpaired) electrons. The molecule has 17 heavy (non-hydrogen) atoms. The zero-order valence-corrected chi connectivity index (χ0v) is 10.5. The van der Waals surface area contributed by atoms with Gasteiger partial charge in [0.25, 0.3) is 0 Å². The maximum absolute atomic E-state index is 5.56. The molecule has 0 aliphatic heterocycles. The number of aryl methyl sites for hydroxylation is 1. The lowest BCUT2D eigenvalue weighted by Gasteiger charge is -2.13. The Morgan fingerprint density at radius 2 is 2.12 bits per heavy atom. The molecule has 2 aromatic rings. The van der Waals surface area contributed by atoms with Crippen LogP contribution in [0.3, 0.4) is 0 Å². The largest absolute Gasteiger partial charge is 0.271 e. The second kappa shape index (κ2) is 6.49. The molecule has 3 nitrogen and oxygen atoms in total. The zero-order valence-electron chi connectivity index (χ0n) is 9.67. The Morgan fingerprint density at radius 1 is 1.29 bits per heavy atom. The summed E-state index contributed by atoms with van der Waals surface area (Å²) >= 11 is 1.61. The fourth-order valence-electron chi connectivity index (χ4n) is 1.87. The van der Waals surface area contributed by atoms with Gasteiger partial charge in [-0.3, -0.25) is 11.3 Å². The molecule has 90 valence electrons. The van der Waals surface area contributed by atoms with Crippen molar-refractivity contribution in [3.63, 3.8) is 0 Å². The summed E-state index contributed by atoms with van der Waals surface area (Å²) in [6, 6.07) is 10.7. The number of rotatable bonds is 6. The molecule has 1 unspecified atom stereocenters. The molecule has 1 heterocycles. The molecule has 1 aromatic carbocycles. The van der Waals surface area contributed by atoms with Gasteiger partial charge in [0.15, 0.2) is 0 Å². The molecule has 0 saturated heterocycles. The second-order valence-corrected chi connectivity index (χ2v) is 4.73. The van der Waals surface area contributed by atoms with Gasteiger partial charge >= 0.3 is 0 Å². The van der Waals surface area contributed by atoms with Crippen LogP contribution in [0.25, 0.3) is 0 Å². The lowest BCUT2D eigenvalue weighted by molar-refractivity contribution is 0.490. The van der Waals surface area contributed by atoms with Crippen LogP contribution in [0.4, 0.5) is 0 Å². The predicted octanol–water partition coefficient (Wildman–Crippen LogP) is 2.67. The van der Waals surface area contributed by atoms with Gasteiger partial charge in [-0.1, -0.05) is 30.3 Å². The van der Waals surface area contributed by atoms with Crippen LogP contribution in [-0.4, -0.2) is 4.98 Å². The summed E-state index contributed by atoms with van der Waals surface area (Å²) in [5, 5.41) is 2.05. The van der Waals surface area contributed by atoms with E-state index in [1.54, 1.807) is 11.3 Å². The molecule has 0 fully saturated rings. The molecule has 2 rings (SSSR count). The zero-order chi connectivity index (χ0) is 11.9. The van der Waals surface area contributed by atoms with E-state index in [9.17, 15) is 0 Å². The highest BCUT2D eigenvalue weighted by atomic mass is 32.1. The number of thiazole rings is 1. The molecule has 0 spiro atoms. The first-order valence-corrected chi connectivity index (χ1v) is 6.72. The minimum Gasteiger partial charge on any atom is -0.271 e. The number of hydrogen-bond acceptors (Lipinski definition) is 4. The van der Waals surface area contributed by atoms with Gasteiger partial charge in [-0.05, 0) is 24.8 Å². The molecule has 0 bridgehead atoms. The summed E-state index contributed by atoms with van der Waals surface area (Å²) < 4.78 is 0. The molecule has 0 aliphatic rings. The summed E-state index contributed by atoms with van der Waals surface area (Å²) in [7, 11) is 0. The third kappa shape index (κ3) is 3.63. The van der Waals surface area contributed by atoms with Crippen molar-refractivity contribution in [3.8, 4) is 0 Å². The third-order valence-electron chi connectivity index (χ3n) is 2.81. The maximum atomic E-state index is 5.56. The van der Waals surface area contributed by atoms with Gasteiger partial charge in [-0.15, -0.1) is 11.3 Å². The van der Waals surface area contributed by atoms with E-state index in [0.29, 0.717) is 0 Å². The normalized spacial score (nSPS) is 12.5. The van der Waals surface area contributed by atoms with E-state index < -0.39 is 0 Å². The Morgan fingerprint density at radius 3 is 2.76 bits per heavy atom. The van der Waals surface area contributed by atoms with Gasteiger partial charge in [-0.2, -0.15) is 0 Å². The average Bonchev–Trinajstić information content (AvgIpc) is 2.90. The van der Waals surface area contributed by atoms with Crippen LogP contribution in [0.15, 0.2) is 41.2 Å². The van der Waals surface area contributed by atoms with Crippen molar-refractivity contribution in [3.05, 3.63) is 52.5 Å². The van der Waals surface area contributed by atoms with Crippen LogP contribution in [0.5, 0.6) is 0 Å². The Balaban J connectivity index is 1.81. The SMILES string of the molecule is NNC(CCCc1ccccc1)c1cscn1. The van der Waals surface area contributed by atoms with E-state index >= 15 is 0 Å². The summed E-state index contributed by atoms with van der Waals surface area (Å²) in [5.41, 5.74) is 7.10. The molecular formula is C13H17N3S. The van der Waals surface area contributed by atoms with Gasteiger partial charge in [0.1, 0.15) is 0 Å². The summed E-state index contributed by atoms with van der Waals surface area (Å²) in [5.74, 6) is 5.56. The fourth-order valence-corrected chi connectivity index (χ4v) is 2.47. The molecule has 1 aromatic heterocycles. The van der Waals surface area contributed by atoms with Gasteiger partial charge < -0.3 is 0 Å². The molecule has 0 aliphatic carbocycles. The Kier molecular flexibility index (Phi) is 4.67. The highest BCUT2D eigenvalue weighted by Gasteiger charge is 2.10. The number of hydrogen-bond donors (Lipinski definition) is 2. The van der Waals surface area contributed by atoms with Gasteiger partial charge in [0.2, 0.25) is 0 Å². The number of nitrogens with two attached hydrogens (primary N) is 1. The summed E-state index contributed by atoms with van der Waals surface area (Å²) in [4.78, 5) is 4.29. The maximum Gasteiger partial charge on any atom is 0.0795 e. The van der Waals surface area contributed by atoms with Crippen molar-refractivity contribution in [2.24, 2.45) is 5.84 Å². The Labute approximate surface area is 106 Å².